The van der Waals surface area contributed by atoms with Crippen molar-refractivity contribution in [3.63, 3.8) is 0 Å². The van der Waals surface area contributed by atoms with Gasteiger partial charge in [0, 0.05) is 12.6 Å². The van der Waals surface area contributed by atoms with Crippen LogP contribution < -0.4 is 5.32 Å². The maximum atomic E-state index is 5.49. The summed E-state index contributed by atoms with van der Waals surface area (Å²) in [7, 11) is 0. The molecule has 0 spiro atoms. The number of furan rings is 1. The first-order valence-electron chi connectivity index (χ1n) is 6.86. The van der Waals surface area contributed by atoms with Gasteiger partial charge in [0.25, 0.3) is 0 Å². The van der Waals surface area contributed by atoms with Gasteiger partial charge in [-0.2, -0.15) is 0 Å². The lowest BCUT2D eigenvalue weighted by Gasteiger charge is -2.31. The van der Waals surface area contributed by atoms with E-state index in [0.29, 0.717) is 12.0 Å². The van der Waals surface area contributed by atoms with Crippen LogP contribution in [0.3, 0.4) is 0 Å². The molecule has 4 heteroatoms. The van der Waals surface area contributed by atoms with Crippen molar-refractivity contribution in [2.45, 2.75) is 39.3 Å². The minimum atomic E-state index is 0.644. The molecule has 0 bridgehead atoms. The van der Waals surface area contributed by atoms with Crippen LogP contribution in [-0.2, 0) is 6.54 Å². The van der Waals surface area contributed by atoms with Crippen molar-refractivity contribution in [2.75, 3.05) is 19.6 Å². The predicted octanol–water partition coefficient (Wildman–Crippen LogP) is 3.25. The molecule has 1 saturated heterocycles. The van der Waals surface area contributed by atoms with Crippen LogP contribution in [0.1, 0.15) is 32.4 Å². The molecule has 2 rings (SSSR count). The van der Waals surface area contributed by atoms with Crippen LogP contribution in [0.2, 0.25) is 0 Å². The lowest BCUT2D eigenvalue weighted by Crippen LogP contribution is -2.44. The van der Waals surface area contributed by atoms with E-state index in [2.05, 4.69) is 40.0 Å². The normalized spacial score (nSPS) is 18.7. The molecule has 3 nitrogen and oxygen atoms in total. The van der Waals surface area contributed by atoms with Gasteiger partial charge in [-0.3, -0.25) is 4.90 Å². The van der Waals surface area contributed by atoms with Crippen molar-refractivity contribution < 1.29 is 4.42 Å². The molecule has 0 radical (unpaired) electrons. The molecule has 1 atom stereocenters. The highest BCUT2D eigenvalue weighted by atomic mass is 79.9. The van der Waals surface area contributed by atoms with Gasteiger partial charge in [0.1, 0.15) is 5.76 Å². The van der Waals surface area contributed by atoms with Crippen LogP contribution in [0, 0.1) is 5.92 Å². The fraction of sp³-hybridized carbons (Fsp3) is 0.714. The molecule has 0 aromatic carbocycles. The standard InChI is InChI=1S/C14H23BrN2O/c1-11(2)13(17-7-3-4-8-17)10-16-9-12-5-6-14(15)18-12/h5-6,11,13,16H,3-4,7-10H2,1-2H3. The lowest BCUT2D eigenvalue weighted by molar-refractivity contribution is 0.185. The van der Waals surface area contributed by atoms with Crippen molar-refractivity contribution in [1.82, 2.24) is 10.2 Å². The van der Waals surface area contributed by atoms with E-state index in [1.54, 1.807) is 0 Å². The van der Waals surface area contributed by atoms with Crippen LogP contribution >= 0.6 is 15.9 Å². The van der Waals surface area contributed by atoms with Gasteiger partial charge < -0.3 is 9.73 Å². The van der Waals surface area contributed by atoms with E-state index in [4.69, 9.17) is 4.42 Å². The molecule has 1 N–H and O–H groups in total. The molecule has 1 aliphatic heterocycles. The summed E-state index contributed by atoms with van der Waals surface area (Å²) >= 11 is 3.33. The molecule has 2 heterocycles. The van der Waals surface area contributed by atoms with Crippen molar-refractivity contribution in [3.05, 3.63) is 22.6 Å². The Morgan fingerprint density at radius 1 is 1.33 bits per heavy atom. The summed E-state index contributed by atoms with van der Waals surface area (Å²) in [6, 6.07) is 4.60. The summed E-state index contributed by atoms with van der Waals surface area (Å²) < 4.78 is 6.30. The molecule has 0 amide bonds. The summed E-state index contributed by atoms with van der Waals surface area (Å²) in [6.07, 6.45) is 2.71. The molecule has 1 aromatic heterocycles. The SMILES string of the molecule is CC(C)C(CNCc1ccc(Br)o1)N1CCCC1. The highest BCUT2D eigenvalue weighted by Crippen LogP contribution is 2.18. The molecule has 1 fully saturated rings. The van der Waals surface area contributed by atoms with Crippen molar-refractivity contribution >= 4 is 15.9 Å². The van der Waals surface area contributed by atoms with Gasteiger partial charge in [-0.25, -0.2) is 0 Å². The summed E-state index contributed by atoms with van der Waals surface area (Å²) in [5.74, 6) is 1.68. The minimum absolute atomic E-state index is 0.644. The molecular weight excluding hydrogens is 292 g/mol. The third kappa shape index (κ3) is 3.84. The van der Waals surface area contributed by atoms with Crippen molar-refractivity contribution in [3.8, 4) is 0 Å². The number of rotatable bonds is 6. The Kier molecular flexibility index (Phi) is 5.27. The molecule has 1 unspecified atom stereocenters. The number of hydrogen-bond acceptors (Lipinski definition) is 3. The Labute approximate surface area is 118 Å². The van der Waals surface area contributed by atoms with Gasteiger partial charge in [-0.15, -0.1) is 0 Å². The van der Waals surface area contributed by atoms with Crippen LogP contribution in [0.5, 0.6) is 0 Å². The lowest BCUT2D eigenvalue weighted by atomic mass is 10.0. The largest absolute Gasteiger partial charge is 0.453 e. The van der Waals surface area contributed by atoms with E-state index >= 15 is 0 Å². The molecule has 1 aromatic rings. The monoisotopic (exact) mass is 314 g/mol. The zero-order chi connectivity index (χ0) is 13.0. The van der Waals surface area contributed by atoms with Crippen LogP contribution in [0.25, 0.3) is 0 Å². The van der Waals surface area contributed by atoms with E-state index in [9.17, 15) is 0 Å². The van der Waals surface area contributed by atoms with Crippen molar-refractivity contribution in [2.24, 2.45) is 5.92 Å². The van der Waals surface area contributed by atoms with Crippen LogP contribution in [0.4, 0.5) is 0 Å². The maximum absolute atomic E-state index is 5.49. The Morgan fingerprint density at radius 2 is 2.06 bits per heavy atom. The van der Waals surface area contributed by atoms with Crippen molar-refractivity contribution in [1.29, 1.82) is 0 Å². The van der Waals surface area contributed by atoms with Gasteiger partial charge in [-0.1, -0.05) is 13.8 Å². The highest BCUT2D eigenvalue weighted by molar-refractivity contribution is 9.10. The average molecular weight is 315 g/mol. The van der Waals surface area contributed by atoms with Gasteiger partial charge in [0.2, 0.25) is 0 Å². The average Bonchev–Trinajstić information content (AvgIpc) is 2.95. The first-order chi connectivity index (χ1) is 8.66. The van der Waals surface area contributed by atoms with E-state index < -0.39 is 0 Å². The second-order valence-corrected chi connectivity index (χ2v) is 6.17. The Balaban J connectivity index is 1.78. The zero-order valence-electron chi connectivity index (χ0n) is 11.3. The topological polar surface area (TPSA) is 28.4 Å². The minimum Gasteiger partial charge on any atom is -0.453 e. The Hall–Kier alpha value is -0.320. The van der Waals surface area contributed by atoms with Gasteiger partial charge in [0.15, 0.2) is 4.67 Å². The first kappa shape index (κ1) is 14.1. The maximum Gasteiger partial charge on any atom is 0.169 e. The van der Waals surface area contributed by atoms with Crippen LogP contribution in [0.15, 0.2) is 21.2 Å². The van der Waals surface area contributed by atoms with Crippen LogP contribution in [-0.4, -0.2) is 30.6 Å². The van der Waals surface area contributed by atoms with Gasteiger partial charge >= 0.3 is 0 Å². The molecule has 102 valence electrons. The Morgan fingerprint density at radius 3 is 2.61 bits per heavy atom. The molecule has 0 aliphatic carbocycles. The summed E-state index contributed by atoms with van der Waals surface area (Å²) in [5.41, 5.74) is 0. The van der Waals surface area contributed by atoms with E-state index in [1.165, 1.54) is 25.9 Å². The van der Waals surface area contributed by atoms with E-state index in [0.717, 1.165) is 23.5 Å². The third-order valence-corrected chi connectivity index (χ3v) is 4.09. The molecule has 18 heavy (non-hydrogen) atoms. The van der Waals surface area contributed by atoms with E-state index in [-0.39, 0.29) is 0 Å². The highest BCUT2D eigenvalue weighted by Gasteiger charge is 2.24. The fourth-order valence-electron chi connectivity index (χ4n) is 2.65. The summed E-state index contributed by atoms with van der Waals surface area (Å²) in [6.45, 7) is 8.99. The number of hydrogen-bond donors (Lipinski definition) is 1. The molecule has 0 saturated carbocycles. The van der Waals surface area contributed by atoms with Gasteiger partial charge in [0.05, 0.1) is 6.54 Å². The quantitative estimate of drug-likeness (QED) is 0.873. The summed E-state index contributed by atoms with van der Waals surface area (Å²) in [4.78, 5) is 2.62. The van der Waals surface area contributed by atoms with E-state index in [1.807, 2.05) is 12.1 Å². The Bertz CT molecular complexity index is 358. The zero-order valence-corrected chi connectivity index (χ0v) is 12.9. The number of nitrogens with one attached hydrogen (secondary N) is 1. The predicted molar refractivity (Wildman–Crippen MR) is 77.5 cm³/mol. The smallest absolute Gasteiger partial charge is 0.169 e. The van der Waals surface area contributed by atoms with Gasteiger partial charge in [-0.05, 0) is 59.9 Å². The summed E-state index contributed by atoms with van der Waals surface area (Å²) in [5, 5.41) is 3.52. The number of likely N-dealkylation sites (tertiary alicyclic amines) is 1. The molecule has 1 aliphatic rings. The second-order valence-electron chi connectivity index (χ2n) is 5.39. The third-order valence-electron chi connectivity index (χ3n) is 3.66. The second kappa shape index (κ2) is 6.73. The fourth-order valence-corrected chi connectivity index (χ4v) is 2.99. The first-order valence-corrected chi connectivity index (χ1v) is 7.65. The number of halogens is 1. The molecular formula is C14H23BrN2O. The number of nitrogens with zero attached hydrogens (tertiary/aromatic N) is 1.